The Morgan fingerprint density at radius 1 is 0.824 bits per heavy atom. The summed E-state index contributed by atoms with van der Waals surface area (Å²) in [5.74, 6) is 0.770. The average molecular weight is 221 g/mol. The van der Waals surface area contributed by atoms with Gasteiger partial charge in [0.15, 0.2) is 5.84 Å². The van der Waals surface area contributed by atoms with Gasteiger partial charge < -0.3 is 0 Å². The Balaban J connectivity index is 2.10. The number of nitrogens with one attached hydrogen (secondary N) is 1. The molecule has 82 valence electrons. The molecule has 1 aliphatic rings. The van der Waals surface area contributed by atoms with Crippen LogP contribution in [0.3, 0.4) is 0 Å². The SMILES string of the molecule is C1=NNC(c2ccccc2)=Nc2ccccc21. The van der Waals surface area contributed by atoms with Crippen LogP contribution < -0.4 is 5.43 Å². The summed E-state index contributed by atoms with van der Waals surface area (Å²) >= 11 is 0. The van der Waals surface area contributed by atoms with Crippen molar-refractivity contribution in [2.75, 3.05) is 0 Å². The fourth-order valence-corrected chi connectivity index (χ4v) is 1.73. The Hall–Kier alpha value is -2.42. The maximum absolute atomic E-state index is 4.59. The number of fused-ring (bicyclic) bond motifs is 1. The highest BCUT2D eigenvalue weighted by Gasteiger charge is 2.07. The summed E-state index contributed by atoms with van der Waals surface area (Å²) in [6.45, 7) is 0. The van der Waals surface area contributed by atoms with Crippen molar-refractivity contribution in [1.29, 1.82) is 0 Å². The second-order valence-corrected chi connectivity index (χ2v) is 3.76. The molecule has 0 saturated heterocycles. The van der Waals surface area contributed by atoms with E-state index in [2.05, 4.69) is 15.5 Å². The lowest BCUT2D eigenvalue weighted by Crippen LogP contribution is -2.17. The maximum Gasteiger partial charge on any atom is 0.154 e. The van der Waals surface area contributed by atoms with Crippen molar-refractivity contribution in [3.63, 3.8) is 0 Å². The molecule has 17 heavy (non-hydrogen) atoms. The van der Waals surface area contributed by atoms with Gasteiger partial charge in [-0.25, -0.2) is 4.99 Å². The molecule has 0 radical (unpaired) electrons. The molecule has 0 bridgehead atoms. The number of aliphatic imine (C=N–C) groups is 1. The van der Waals surface area contributed by atoms with Gasteiger partial charge in [-0.05, 0) is 6.07 Å². The fourth-order valence-electron chi connectivity index (χ4n) is 1.73. The number of hydrogen-bond acceptors (Lipinski definition) is 3. The van der Waals surface area contributed by atoms with Crippen LogP contribution in [0.4, 0.5) is 5.69 Å². The van der Waals surface area contributed by atoms with Crippen molar-refractivity contribution in [1.82, 2.24) is 5.43 Å². The van der Waals surface area contributed by atoms with E-state index in [0.717, 1.165) is 22.6 Å². The van der Waals surface area contributed by atoms with Crippen molar-refractivity contribution < 1.29 is 0 Å². The van der Waals surface area contributed by atoms with Crippen LogP contribution in [0.1, 0.15) is 11.1 Å². The number of nitrogens with zero attached hydrogens (tertiary/aromatic N) is 2. The summed E-state index contributed by atoms with van der Waals surface area (Å²) in [6, 6.07) is 17.9. The Labute approximate surface area is 99.5 Å². The van der Waals surface area contributed by atoms with Crippen LogP contribution in [0.5, 0.6) is 0 Å². The normalized spacial score (nSPS) is 13.3. The lowest BCUT2D eigenvalue weighted by atomic mass is 10.2. The van der Waals surface area contributed by atoms with Crippen LogP contribution in [0.25, 0.3) is 0 Å². The van der Waals surface area contributed by atoms with E-state index in [4.69, 9.17) is 0 Å². The standard InChI is InChI=1S/C14H11N3/c1-2-6-11(7-3-1)14-16-13-9-5-4-8-12(13)10-15-17-14/h1-10H,(H,16,17). The first-order valence-corrected chi connectivity index (χ1v) is 5.46. The van der Waals surface area contributed by atoms with Crippen LogP contribution in [-0.2, 0) is 0 Å². The number of hydrogen-bond donors (Lipinski definition) is 1. The van der Waals surface area contributed by atoms with E-state index in [1.807, 2.05) is 54.6 Å². The molecule has 1 N–H and O–H groups in total. The van der Waals surface area contributed by atoms with Gasteiger partial charge in [-0.15, -0.1) is 0 Å². The molecule has 0 atom stereocenters. The zero-order chi connectivity index (χ0) is 11.5. The molecule has 2 aromatic carbocycles. The van der Waals surface area contributed by atoms with E-state index in [9.17, 15) is 0 Å². The summed E-state index contributed by atoms with van der Waals surface area (Å²) in [5, 5.41) is 4.16. The van der Waals surface area contributed by atoms with Crippen molar-refractivity contribution in [2.24, 2.45) is 10.1 Å². The Morgan fingerprint density at radius 2 is 1.59 bits per heavy atom. The first kappa shape index (κ1) is 9.78. The second kappa shape index (κ2) is 4.22. The largest absolute Gasteiger partial charge is 0.261 e. The highest BCUT2D eigenvalue weighted by molar-refractivity contribution is 6.03. The third kappa shape index (κ3) is 1.95. The van der Waals surface area contributed by atoms with Crippen molar-refractivity contribution in [3.8, 4) is 0 Å². The summed E-state index contributed by atoms with van der Waals surface area (Å²) in [4.78, 5) is 4.59. The number of hydrazone groups is 1. The molecule has 1 aliphatic heterocycles. The third-order valence-corrected chi connectivity index (χ3v) is 2.59. The van der Waals surface area contributed by atoms with Gasteiger partial charge >= 0.3 is 0 Å². The van der Waals surface area contributed by atoms with Gasteiger partial charge in [0.2, 0.25) is 0 Å². The number of benzene rings is 2. The fraction of sp³-hybridized carbons (Fsp3) is 0. The van der Waals surface area contributed by atoms with Gasteiger partial charge in [-0.1, -0.05) is 48.5 Å². The van der Waals surface area contributed by atoms with Gasteiger partial charge in [0, 0.05) is 11.1 Å². The quantitative estimate of drug-likeness (QED) is 0.789. The molecule has 3 nitrogen and oxygen atoms in total. The molecule has 0 aliphatic carbocycles. The lowest BCUT2D eigenvalue weighted by molar-refractivity contribution is 1.04. The molecule has 2 aromatic rings. The zero-order valence-corrected chi connectivity index (χ0v) is 9.17. The zero-order valence-electron chi connectivity index (χ0n) is 9.17. The third-order valence-electron chi connectivity index (χ3n) is 2.59. The lowest BCUT2D eigenvalue weighted by Gasteiger charge is -2.03. The Morgan fingerprint density at radius 3 is 2.47 bits per heavy atom. The monoisotopic (exact) mass is 221 g/mol. The van der Waals surface area contributed by atoms with Gasteiger partial charge in [0.25, 0.3) is 0 Å². The number of para-hydroxylation sites is 1. The van der Waals surface area contributed by atoms with Crippen molar-refractivity contribution >= 4 is 17.7 Å². The molecule has 0 saturated carbocycles. The molecule has 0 aromatic heterocycles. The van der Waals surface area contributed by atoms with E-state index in [0.29, 0.717) is 0 Å². The summed E-state index contributed by atoms with van der Waals surface area (Å²) < 4.78 is 0. The van der Waals surface area contributed by atoms with Crippen LogP contribution in [0.15, 0.2) is 64.7 Å². The average Bonchev–Trinajstić information content (AvgIpc) is 2.62. The van der Waals surface area contributed by atoms with Gasteiger partial charge in [0.1, 0.15) is 0 Å². The highest BCUT2D eigenvalue weighted by Crippen LogP contribution is 2.19. The van der Waals surface area contributed by atoms with Crippen molar-refractivity contribution in [2.45, 2.75) is 0 Å². The van der Waals surface area contributed by atoms with Crippen LogP contribution >= 0.6 is 0 Å². The molecule has 0 fully saturated rings. The minimum atomic E-state index is 0.770. The molecule has 0 amide bonds. The minimum Gasteiger partial charge on any atom is -0.261 e. The Kier molecular flexibility index (Phi) is 2.43. The topological polar surface area (TPSA) is 36.8 Å². The van der Waals surface area contributed by atoms with Crippen LogP contribution in [0.2, 0.25) is 0 Å². The predicted octanol–water partition coefficient (Wildman–Crippen LogP) is 2.70. The molecule has 0 spiro atoms. The van der Waals surface area contributed by atoms with Gasteiger partial charge in [-0.2, -0.15) is 5.10 Å². The molecule has 0 unspecified atom stereocenters. The molecular weight excluding hydrogens is 210 g/mol. The first-order chi connectivity index (χ1) is 8.43. The van der Waals surface area contributed by atoms with E-state index >= 15 is 0 Å². The molecule has 3 heteroatoms. The Bertz CT molecular complexity index is 585. The highest BCUT2D eigenvalue weighted by atomic mass is 15.3. The van der Waals surface area contributed by atoms with Crippen LogP contribution in [-0.4, -0.2) is 12.1 Å². The minimum absolute atomic E-state index is 0.770. The van der Waals surface area contributed by atoms with Crippen molar-refractivity contribution in [3.05, 3.63) is 65.7 Å². The second-order valence-electron chi connectivity index (χ2n) is 3.76. The number of amidine groups is 1. The van der Waals surface area contributed by atoms with E-state index in [-0.39, 0.29) is 0 Å². The van der Waals surface area contributed by atoms with Gasteiger partial charge in [-0.3, -0.25) is 5.43 Å². The van der Waals surface area contributed by atoms with E-state index in [1.165, 1.54) is 0 Å². The molecule has 3 rings (SSSR count). The first-order valence-electron chi connectivity index (χ1n) is 5.46. The summed E-state index contributed by atoms with van der Waals surface area (Å²) in [6.07, 6.45) is 1.79. The predicted molar refractivity (Wildman–Crippen MR) is 69.8 cm³/mol. The molecule has 1 heterocycles. The number of rotatable bonds is 1. The molecular formula is C14H11N3. The maximum atomic E-state index is 4.59. The summed E-state index contributed by atoms with van der Waals surface area (Å²) in [5.41, 5.74) is 5.94. The van der Waals surface area contributed by atoms with Gasteiger partial charge in [0.05, 0.1) is 11.9 Å². The summed E-state index contributed by atoms with van der Waals surface area (Å²) in [7, 11) is 0. The van der Waals surface area contributed by atoms with E-state index < -0.39 is 0 Å². The smallest absolute Gasteiger partial charge is 0.154 e. The van der Waals surface area contributed by atoms with E-state index in [1.54, 1.807) is 6.21 Å². The van der Waals surface area contributed by atoms with Crippen LogP contribution in [0, 0.1) is 0 Å².